The Morgan fingerprint density at radius 1 is 1.17 bits per heavy atom. The summed E-state index contributed by atoms with van der Waals surface area (Å²) in [5.74, 6) is -0.501. The van der Waals surface area contributed by atoms with Crippen molar-refractivity contribution in [2.45, 2.75) is 6.92 Å². The molecule has 0 unspecified atom stereocenters. The number of aromatic carboxylic acids is 1. The van der Waals surface area contributed by atoms with Crippen molar-refractivity contribution in [3.05, 3.63) is 71.5 Å². The number of ether oxygens (including phenoxy) is 1. The molecule has 0 radical (unpaired) electrons. The van der Waals surface area contributed by atoms with E-state index in [1.807, 2.05) is 48.6 Å². The Balaban J connectivity index is 1.80. The molecule has 23 heavy (non-hydrogen) atoms. The number of hydrogen-bond acceptors (Lipinski definition) is 3. The number of rotatable bonds is 5. The quantitative estimate of drug-likeness (QED) is 0.752. The number of furan rings is 1. The van der Waals surface area contributed by atoms with Gasteiger partial charge in [0.15, 0.2) is 0 Å². The van der Waals surface area contributed by atoms with E-state index >= 15 is 0 Å². The maximum absolute atomic E-state index is 11.2. The fourth-order valence-electron chi connectivity index (χ4n) is 2.48. The van der Waals surface area contributed by atoms with Gasteiger partial charge in [0.2, 0.25) is 5.76 Å². The first-order valence-corrected chi connectivity index (χ1v) is 7.26. The lowest BCUT2D eigenvalue weighted by atomic mass is 10.1. The summed E-state index contributed by atoms with van der Waals surface area (Å²) in [5, 5.41) is 9.86. The smallest absolute Gasteiger partial charge is 0.372 e. The molecule has 1 aromatic heterocycles. The zero-order valence-corrected chi connectivity index (χ0v) is 12.7. The van der Waals surface area contributed by atoms with E-state index in [9.17, 15) is 4.79 Å². The van der Waals surface area contributed by atoms with Gasteiger partial charge in [0.05, 0.1) is 5.39 Å². The van der Waals surface area contributed by atoms with Gasteiger partial charge >= 0.3 is 5.97 Å². The van der Waals surface area contributed by atoms with Crippen molar-refractivity contribution < 1.29 is 19.1 Å². The number of benzene rings is 2. The van der Waals surface area contributed by atoms with Crippen LogP contribution in [0.3, 0.4) is 0 Å². The first kappa shape index (κ1) is 14.9. The van der Waals surface area contributed by atoms with Crippen LogP contribution in [-0.2, 0) is 0 Å². The van der Waals surface area contributed by atoms with E-state index in [0.717, 1.165) is 5.56 Å². The van der Waals surface area contributed by atoms with E-state index in [-0.39, 0.29) is 5.76 Å². The lowest BCUT2D eigenvalue weighted by Crippen LogP contribution is -1.96. The fourth-order valence-corrected chi connectivity index (χ4v) is 2.48. The van der Waals surface area contributed by atoms with Crippen LogP contribution in [0.4, 0.5) is 0 Å². The molecule has 0 bridgehead atoms. The van der Waals surface area contributed by atoms with Crippen LogP contribution in [0, 0.1) is 6.92 Å². The van der Waals surface area contributed by atoms with E-state index < -0.39 is 5.97 Å². The van der Waals surface area contributed by atoms with Gasteiger partial charge in [0, 0.05) is 5.56 Å². The number of carbonyl (C=O) groups is 1. The van der Waals surface area contributed by atoms with Crippen molar-refractivity contribution in [3.8, 4) is 5.75 Å². The van der Waals surface area contributed by atoms with E-state index in [2.05, 4.69) is 0 Å². The molecule has 2 aromatic carbocycles. The van der Waals surface area contributed by atoms with E-state index in [1.165, 1.54) is 0 Å². The minimum Gasteiger partial charge on any atom is -0.489 e. The van der Waals surface area contributed by atoms with Gasteiger partial charge < -0.3 is 14.3 Å². The van der Waals surface area contributed by atoms with E-state index in [1.54, 1.807) is 19.1 Å². The molecule has 1 heterocycles. The number of carboxylic acids is 1. The van der Waals surface area contributed by atoms with E-state index in [4.69, 9.17) is 14.3 Å². The van der Waals surface area contributed by atoms with Crippen molar-refractivity contribution in [2.24, 2.45) is 0 Å². The zero-order chi connectivity index (χ0) is 16.2. The summed E-state index contributed by atoms with van der Waals surface area (Å²) in [7, 11) is 0. The largest absolute Gasteiger partial charge is 0.489 e. The lowest BCUT2D eigenvalue weighted by Gasteiger charge is -2.05. The molecule has 0 spiro atoms. The average molecular weight is 308 g/mol. The monoisotopic (exact) mass is 308 g/mol. The standard InChI is InChI=1S/C19H16O4/c1-13-17-15(10-5-11-16(17)23-18(13)19(20)21)22-12-6-9-14-7-3-2-4-8-14/h2-11H,12H2,1H3,(H,20,21)/b9-6+. The van der Waals surface area contributed by atoms with Crippen molar-refractivity contribution in [1.82, 2.24) is 0 Å². The van der Waals surface area contributed by atoms with Crippen LogP contribution in [0.1, 0.15) is 21.7 Å². The van der Waals surface area contributed by atoms with Gasteiger partial charge in [-0.1, -0.05) is 42.5 Å². The summed E-state index contributed by atoms with van der Waals surface area (Å²) in [4.78, 5) is 11.2. The van der Waals surface area contributed by atoms with Crippen LogP contribution in [0.15, 0.2) is 59.0 Å². The second kappa shape index (κ2) is 6.40. The zero-order valence-electron chi connectivity index (χ0n) is 12.7. The molecule has 0 aliphatic rings. The third kappa shape index (κ3) is 3.11. The second-order valence-electron chi connectivity index (χ2n) is 5.11. The molecule has 4 nitrogen and oxygen atoms in total. The number of carboxylic acid groups (broad SMARTS) is 1. The van der Waals surface area contributed by atoms with Crippen LogP contribution >= 0.6 is 0 Å². The molecule has 0 saturated heterocycles. The Hall–Kier alpha value is -3.01. The van der Waals surface area contributed by atoms with Crippen molar-refractivity contribution >= 4 is 23.0 Å². The molecular formula is C19H16O4. The Bertz CT molecular complexity index is 860. The Labute approximate surface area is 133 Å². The predicted molar refractivity (Wildman–Crippen MR) is 88.9 cm³/mol. The summed E-state index contributed by atoms with van der Waals surface area (Å²) in [5.41, 5.74) is 2.20. The lowest BCUT2D eigenvalue weighted by molar-refractivity contribution is 0.0664. The summed E-state index contributed by atoms with van der Waals surface area (Å²) < 4.78 is 11.2. The van der Waals surface area contributed by atoms with Gasteiger partial charge in [0.25, 0.3) is 0 Å². The highest BCUT2D eigenvalue weighted by Gasteiger charge is 2.19. The summed E-state index contributed by atoms with van der Waals surface area (Å²) in [6, 6.07) is 15.3. The van der Waals surface area contributed by atoms with Gasteiger partial charge in [-0.3, -0.25) is 0 Å². The molecule has 0 aliphatic carbocycles. The number of hydrogen-bond donors (Lipinski definition) is 1. The third-order valence-electron chi connectivity index (χ3n) is 3.55. The maximum atomic E-state index is 11.2. The molecule has 0 saturated carbocycles. The average Bonchev–Trinajstić information content (AvgIpc) is 2.91. The second-order valence-corrected chi connectivity index (χ2v) is 5.11. The highest BCUT2D eigenvalue weighted by Crippen LogP contribution is 2.33. The molecule has 0 aliphatic heterocycles. The summed E-state index contributed by atoms with van der Waals surface area (Å²) in [6.45, 7) is 2.11. The Morgan fingerprint density at radius 2 is 1.96 bits per heavy atom. The number of aryl methyl sites for hydroxylation is 1. The topological polar surface area (TPSA) is 59.7 Å². The first-order valence-electron chi connectivity index (χ1n) is 7.26. The number of fused-ring (bicyclic) bond motifs is 1. The fraction of sp³-hybridized carbons (Fsp3) is 0.105. The third-order valence-corrected chi connectivity index (χ3v) is 3.55. The van der Waals surface area contributed by atoms with Gasteiger partial charge in [-0.15, -0.1) is 0 Å². The molecular weight excluding hydrogens is 292 g/mol. The van der Waals surface area contributed by atoms with Crippen molar-refractivity contribution in [1.29, 1.82) is 0 Å². The molecule has 3 rings (SSSR count). The van der Waals surface area contributed by atoms with Gasteiger partial charge in [-0.2, -0.15) is 0 Å². The van der Waals surface area contributed by atoms with Crippen LogP contribution in [-0.4, -0.2) is 17.7 Å². The molecule has 0 fully saturated rings. The van der Waals surface area contributed by atoms with Crippen LogP contribution < -0.4 is 4.74 Å². The minimum absolute atomic E-state index is 0.0455. The minimum atomic E-state index is -1.08. The van der Waals surface area contributed by atoms with Crippen LogP contribution in [0.25, 0.3) is 17.0 Å². The summed E-state index contributed by atoms with van der Waals surface area (Å²) >= 11 is 0. The van der Waals surface area contributed by atoms with Crippen LogP contribution in [0.5, 0.6) is 5.75 Å². The molecule has 4 heteroatoms. The Morgan fingerprint density at radius 3 is 2.70 bits per heavy atom. The molecule has 1 N–H and O–H groups in total. The first-order chi connectivity index (χ1) is 11.2. The molecule has 116 valence electrons. The molecule has 0 amide bonds. The van der Waals surface area contributed by atoms with Crippen LogP contribution in [0.2, 0.25) is 0 Å². The van der Waals surface area contributed by atoms with Gasteiger partial charge in [0.1, 0.15) is 17.9 Å². The van der Waals surface area contributed by atoms with Crippen molar-refractivity contribution in [2.75, 3.05) is 6.61 Å². The Kier molecular flexibility index (Phi) is 4.15. The molecule has 3 aromatic rings. The highest BCUT2D eigenvalue weighted by atomic mass is 16.5. The van der Waals surface area contributed by atoms with E-state index in [0.29, 0.717) is 28.9 Å². The van der Waals surface area contributed by atoms with Crippen molar-refractivity contribution in [3.63, 3.8) is 0 Å². The van der Waals surface area contributed by atoms with Gasteiger partial charge in [-0.25, -0.2) is 4.79 Å². The predicted octanol–water partition coefficient (Wildman–Crippen LogP) is 4.53. The highest BCUT2D eigenvalue weighted by molar-refractivity contribution is 5.97. The summed E-state index contributed by atoms with van der Waals surface area (Å²) in [6.07, 6.45) is 3.90. The molecule has 0 atom stereocenters. The van der Waals surface area contributed by atoms with Gasteiger partial charge in [-0.05, 0) is 30.7 Å². The maximum Gasteiger partial charge on any atom is 0.372 e. The normalized spacial score (nSPS) is 11.2. The SMILES string of the molecule is Cc1c(C(=O)O)oc2cccc(OC/C=C/c3ccccc3)c12.